The van der Waals surface area contributed by atoms with Crippen LogP contribution in [0.3, 0.4) is 0 Å². The number of hydrogen-bond acceptors (Lipinski definition) is 3. The van der Waals surface area contributed by atoms with E-state index in [9.17, 15) is 9.18 Å². The van der Waals surface area contributed by atoms with E-state index in [4.69, 9.17) is 0 Å². The van der Waals surface area contributed by atoms with Gasteiger partial charge in [0.25, 0.3) is 5.91 Å². The summed E-state index contributed by atoms with van der Waals surface area (Å²) in [6.07, 6.45) is 1.53. The van der Waals surface area contributed by atoms with E-state index >= 15 is 0 Å². The van der Waals surface area contributed by atoms with Crippen molar-refractivity contribution in [1.82, 2.24) is 20.3 Å². The summed E-state index contributed by atoms with van der Waals surface area (Å²) in [4.78, 5) is 11.9. The van der Waals surface area contributed by atoms with Gasteiger partial charge in [-0.2, -0.15) is 0 Å². The third-order valence-electron chi connectivity index (χ3n) is 3.13. The number of aryl methyl sites for hydroxylation is 1. The Hall–Kier alpha value is -2.24. The molecule has 0 aliphatic carbocycles. The molecule has 0 aliphatic heterocycles. The van der Waals surface area contributed by atoms with Crippen LogP contribution in [-0.4, -0.2) is 27.4 Å². The zero-order valence-electron chi connectivity index (χ0n) is 11.7. The van der Waals surface area contributed by atoms with Gasteiger partial charge in [-0.1, -0.05) is 37.3 Å². The van der Waals surface area contributed by atoms with Crippen molar-refractivity contribution in [3.05, 3.63) is 47.5 Å². The van der Waals surface area contributed by atoms with Crippen molar-refractivity contribution in [2.45, 2.75) is 19.3 Å². The monoisotopic (exact) mass is 276 g/mol. The highest BCUT2D eigenvalue weighted by molar-refractivity contribution is 5.91. The molecule has 106 valence electrons. The molecule has 0 radical (unpaired) electrons. The number of carbonyl (C=O) groups is 1. The molecule has 0 atom stereocenters. The summed E-state index contributed by atoms with van der Waals surface area (Å²) >= 11 is 0. The molecule has 1 aromatic heterocycles. The van der Waals surface area contributed by atoms with E-state index < -0.39 is 5.41 Å². The van der Waals surface area contributed by atoms with Gasteiger partial charge in [0, 0.05) is 19.0 Å². The highest BCUT2D eigenvalue weighted by atomic mass is 19.1. The Morgan fingerprint density at radius 1 is 1.40 bits per heavy atom. The van der Waals surface area contributed by atoms with Crippen LogP contribution in [0, 0.1) is 5.82 Å². The van der Waals surface area contributed by atoms with Crippen LogP contribution < -0.4 is 5.32 Å². The van der Waals surface area contributed by atoms with Crippen LogP contribution >= 0.6 is 0 Å². The van der Waals surface area contributed by atoms with Crippen LogP contribution in [-0.2, 0) is 12.5 Å². The molecular weight excluding hydrogens is 259 g/mol. The zero-order valence-corrected chi connectivity index (χ0v) is 11.7. The summed E-state index contributed by atoms with van der Waals surface area (Å²) in [7, 11) is 1.69. The Morgan fingerprint density at radius 2 is 2.10 bits per heavy atom. The van der Waals surface area contributed by atoms with Gasteiger partial charge >= 0.3 is 0 Å². The van der Waals surface area contributed by atoms with Gasteiger partial charge < -0.3 is 5.32 Å². The molecule has 6 heteroatoms. The second-order valence-electron chi connectivity index (χ2n) is 5.32. The normalized spacial score (nSPS) is 11.4. The first-order valence-electron chi connectivity index (χ1n) is 6.30. The van der Waals surface area contributed by atoms with Crippen molar-refractivity contribution in [2.75, 3.05) is 6.54 Å². The van der Waals surface area contributed by atoms with Crippen LogP contribution in [0.1, 0.15) is 29.9 Å². The maximum atomic E-state index is 13.8. The number of halogens is 1. The number of hydrogen-bond donors (Lipinski definition) is 1. The SMILES string of the molecule is Cn1cc(C(=O)NCC(C)(C)c2ccccc2F)nn1. The lowest BCUT2D eigenvalue weighted by Gasteiger charge is -2.25. The largest absolute Gasteiger partial charge is 0.350 e. The number of nitrogens with zero attached hydrogens (tertiary/aromatic N) is 3. The first-order chi connectivity index (χ1) is 9.40. The molecule has 0 fully saturated rings. The first-order valence-corrected chi connectivity index (χ1v) is 6.30. The molecule has 1 aromatic carbocycles. The van der Waals surface area contributed by atoms with E-state index in [1.165, 1.54) is 16.9 Å². The molecule has 0 saturated carbocycles. The Morgan fingerprint density at radius 3 is 2.70 bits per heavy atom. The molecule has 2 rings (SSSR count). The van der Waals surface area contributed by atoms with Crippen LogP contribution in [0.2, 0.25) is 0 Å². The number of aromatic nitrogens is 3. The molecule has 5 nitrogen and oxygen atoms in total. The van der Waals surface area contributed by atoms with Gasteiger partial charge in [-0.25, -0.2) is 4.39 Å². The summed E-state index contributed by atoms with van der Waals surface area (Å²) in [6.45, 7) is 4.06. The fourth-order valence-electron chi connectivity index (χ4n) is 1.95. The standard InChI is InChI=1S/C14H17FN4O/c1-14(2,10-6-4-5-7-11(10)15)9-16-13(20)12-8-19(3)18-17-12/h4-8H,9H2,1-3H3,(H,16,20). The van der Waals surface area contributed by atoms with Gasteiger partial charge in [-0.15, -0.1) is 5.10 Å². The van der Waals surface area contributed by atoms with Crippen molar-refractivity contribution in [3.8, 4) is 0 Å². The minimum atomic E-state index is -0.511. The van der Waals surface area contributed by atoms with Crippen LogP contribution in [0.25, 0.3) is 0 Å². The molecule has 2 aromatic rings. The lowest BCUT2D eigenvalue weighted by Crippen LogP contribution is -2.37. The fourth-order valence-corrected chi connectivity index (χ4v) is 1.95. The van der Waals surface area contributed by atoms with Gasteiger partial charge in [0.15, 0.2) is 5.69 Å². The van der Waals surface area contributed by atoms with E-state index in [1.54, 1.807) is 25.2 Å². The van der Waals surface area contributed by atoms with Crippen LogP contribution in [0.4, 0.5) is 4.39 Å². The molecule has 0 saturated heterocycles. The third-order valence-corrected chi connectivity index (χ3v) is 3.13. The van der Waals surface area contributed by atoms with Gasteiger partial charge in [-0.3, -0.25) is 9.48 Å². The third kappa shape index (κ3) is 3.01. The van der Waals surface area contributed by atoms with Crippen LogP contribution in [0.5, 0.6) is 0 Å². The van der Waals surface area contributed by atoms with Gasteiger partial charge in [0.05, 0.1) is 6.20 Å². The summed E-state index contributed by atoms with van der Waals surface area (Å²) in [5.41, 5.74) is 0.305. The number of benzene rings is 1. The molecule has 1 heterocycles. The van der Waals surface area contributed by atoms with Crippen molar-refractivity contribution in [3.63, 3.8) is 0 Å². The number of amides is 1. The highest BCUT2D eigenvalue weighted by Crippen LogP contribution is 2.24. The summed E-state index contributed by atoms with van der Waals surface area (Å²) in [6, 6.07) is 6.57. The zero-order chi connectivity index (χ0) is 14.8. The lowest BCUT2D eigenvalue weighted by atomic mass is 9.84. The summed E-state index contributed by atoms with van der Waals surface area (Å²) < 4.78 is 15.3. The van der Waals surface area contributed by atoms with E-state index in [-0.39, 0.29) is 17.4 Å². The highest BCUT2D eigenvalue weighted by Gasteiger charge is 2.25. The summed E-state index contributed by atoms with van der Waals surface area (Å²) in [5.74, 6) is -0.589. The Labute approximate surface area is 116 Å². The topological polar surface area (TPSA) is 59.8 Å². The predicted octanol–water partition coefficient (Wildman–Crippen LogP) is 1.66. The molecule has 20 heavy (non-hydrogen) atoms. The average Bonchev–Trinajstić information content (AvgIpc) is 2.83. The number of rotatable bonds is 4. The predicted molar refractivity (Wildman–Crippen MR) is 72.8 cm³/mol. The second-order valence-corrected chi connectivity index (χ2v) is 5.32. The smallest absolute Gasteiger partial charge is 0.273 e. The van der Waals surface area contributed by atoms with E-state index in [0.29, 0.717) is 12.1 Å². The van der Waals surface area contributed by atoms with E-state index in [0.717, 1.165) is 0 Å². The maximum absolute atomic E-state index is 13.8. The Kier molecular flexibility index (Phi) is 3.83. The van der Waals surface area contributed by atoms with Crippen molar-refractivity contribution in [2.24, 2.45) is 7.05 Å². The Balaban J connectivity index is 2.06. The molecular formula is C14H17FN4O. The first kappa shape index (κ1) is 14.2. The molecule has 0 unspecified atom stereocenters. The fraction of sp³-hybridized carbons (Fsp3) is 0.357. The minimum absolute atomic E-state index is 0.247. The van der Waals surface area contributed by atoms with E-state index in [1.807, 2.05) is 13.8 Å². The van der Waals surface area contributed by atoms with Crippen molar-refractivity contribution in [1.29, 1.82) is 0 Å². The van der Waals surface area contributed by atoms with Gasteiger partial charge in [0.2, 0.25) is 0 Å². The van der Waals surface area contributed by atoms with Gasteiger partial charge in [0.1, 0.15) is 5.82 Å². The molecule has 0 spiro atoms. The molecule has 1 N–H and O–H groups in total. The van der Waals surface area contributed by atoms with Gasteiger partial charge in [-0.05, 0) is 11.6 Å². The maximum Gasteiger partial charge on any atom is 0.273 e. The molecule has 0 bridgehead atoms. The minimum Gasteiger partial charge on any atom is -0.350 e. The number of nitrogens with one attached hydrogen (secondary N) is 1. The van der Waals surface area contributed by atoms with E-state index in [2.05, 4.69) is 15.6 Å². The van der Waals surface area contributed by atoms with Crippen LogP contribution in [0.15, 0.2) is 30.5 Å². The summed E-state index contributed by atoms with van der Waals surface area (Å²) in [5, 5.41) is 10.2. The molecule has 1 amide bonds. The lowest BCUT2D eigenvalue weighted by molar-refractivity contribution is 0.0940. The molecule has 0 aliphatic rings. The average molecular weight is 276 g/mol. The quantitative estimate of drug-likeness (QED) is 0.924. The second kappa shape index (κ2) is 5.40. The Bertz CT molecular complexity index is 621. The number of carbonyl (C=O) groups excluding carboxylic acids is 1. The van der Waals surface area contributed by atoms with Crippen molar-refractivity contribution >= 4 is 5.91 Å². The van der Waals surface area contributed by atoms with Crippen molar-refractivity contribution < 1.29 is 9.18 Å².